The van der Waals surface area contributed by atoms with Crippen molar-refractivity contribution in [3.05, 3.63) is 88.4 Å². The average molecular weight is 518 g/mol. The highest BCUT2D eigenvalue weighted by atomic mass is 32.2. The number of nitrogens with one attached hydrogen (secondary N) is 2. The number of aromatic nitrogens is 4. The molecule has 11 nitrogen and oxygen atoms in total. The summed E-state index contributed by atoms with van der Waals surface area (Å²) in [5.74, 6) is 5.28. The molecule has 2 aromatic carbocycles. The lowest BCUT2D eigenvalue weighted by atomic mass is 10.1. The van der Waals surface area contributed by atoms with E-state index in [0.717, 1.165) is 6.26 Å². The molecule has 0 spiro atoms. The van der Waals surface area contributed by atoms with Crippen LogP contribution in [0.25, 0.3) is 16.6 Å². The Labute approximate surface area is 212 Å². The van der Waals surface area contributed by atoms with E-state index in [1.54, 1.807) is 49.4 Å². The lowest BCUT2D eigenvalue weighted by Gasteiger charge is -2.20. The van der Waals surface area contributed by atoms with Gasteiger partial charge in [0.2, 0.25) is 10.0 Å². The number of anilines is 1. The van der Waals surface area contributed by atoms with E-state index in [9.17, 15) is 18.0 Å². The van der Waals surface area contributed by atoms with Gasteiger partial charge in [-0.25, -0.2) is 28.1 Å². The Balaban J connectivity index is 1.83. The predicted octanol–water partition coefficient (Wildman–Crippen LogP) is 1.15. The van der Waals surface area contributed by atoms with E-state index >= 15 is 0 Å². The largest absolute Gasteiger partial charge is 0.382 e. The molecule has 188 valence electrons. The topological polar surface area (TPSA) is 162 Å². The minimum Gasteiger partial charge on any atom is -0.382 e. The molecule has 0 bridgehead atoms. The van der Waals surface area contributed by atoms with Gasteiger partial charge >= 0.3 is 0 Å². The molecule has 0 radical (unpaired) electrons. The molecule has 2 heterocycles. The van der Waals surface area contributed by atoms with Gasteiger partial charge in [0.05, 0.1) is 35.4 Å². The molecule has 1 amide bonds. The van der Waals surface area contributed by atoms with Crippen LogP contribution >= 0.6 is 0 Å². The first-order chi connectivity index (χ1) is 17.7. The molecular weight excluding hydrogens is 494 g/mol. The van der Waals surface area contributed by atoms with Crippen molar-refractivity contribution in [3.63, 3.8) is 0 Å². The number of hydrogen-bond donors (Lipinski definition) is 3. The van der Waals surface area contributed by atoms with Crippen LogP contribution in [-0.4, -0.2) is 46.6 Å². The number of nitrogens with zero attached hydrogens (tertiary/aromatic N) is 4. The van der Waals surface area contributed by atoms with Gasteiger partial charge in [-0.2, -0.15) is 0 Å². The summed E-state index contributed by atoms with van der Waals surface area (Å²) >= 11 is 0. The molecule has 0 unspecified atom stereocenters. The zero-order valence-electron chi connectivity index (χ0n) is 20.0. The minimum atomic E-state index is -3.40. The van der Waals surface area contributed by atoms with E-state index < -0.39 is 27.5 Å². The molecule has 0 saturated heterocycles. The van der Waals surface area contributed by atoms with Crippen LogP contribution in [0.15, 0.2) is 65.7 Å². The maximum absolute atomic E-state index is 13.9. The predicted molar refractivity (Wildman–Crippen MR) is 139 cm³/mol. The third-order valence-corrected chi connectivity index (χ3v) is 5.93. The van der Waals surface area contributed by atoms with Crippen LogP contribution in [-0.2, 0) is 10.0 Å². The second-order valence-corrected chi connectivity index (χ2v) is 9.86. The van der Waals surface area contributed by atoms with Crippen LogP contribution in [0.2, 0.25) is 0 Å². The highest BCUT2D eigenvalue weighted by Gasteiger charge is 2.22. The Morgan fingerprint density at radius 3 is 2.54 bits per heavy atom. The van der Waals surface area contributed by atoms with Crippen molar-refractivity contribution in [1.29, 1.82) is 0 Å². The number of para-hydroxylation sites is 1. The normalized spacial score (nSPS) is 11.9. The summed E-state index contributed by atoms with van der Waals surface area (Å²) in [7, 11) is -3.40. The number of benzene rings is 2. The quantitative estimate of drug-likeness (QED) is 0.321. The van der Waals surface area contributed by atoms with Gasteiger partial charge in [0.15, 0.2) is 11.5 Å². The highest BCUT2D eigenvalue weighted by Crippen LogP contribution is 2.20. The first-order valence-electron chi connectivity index (χ1n) is 11.1. The third-order valence-electron chi connectivity index (χ3n) is 5.26. The molecule has 2 aromatic heterocycles. The monoisotopic (exact) mass is 517 g/mol. The molecule has 1 atom stereocenters. The minimum absolute atomic E-state index is 0.0206. The molecule has 4 rings (SSSR count). The Bertz CT molecular complexity index is 1710. The summed E-state index contributed by atoms with van der Waals surface area (Å²) in [5, 5.41) is 3.05. The average Bonchev–Trinajstić information content (AvgIpc) is 2.86. The molecule has 4 N–H and O–H groups in total. The fourth-order valence-corrected chi connectivity index (χ4v) is 3.96. The van der Waals surface area contributed by atoms with Crippen LogP contribution in [0, 0.1) is 11.8 Å². The molecule has 0 fully saturated rings. The van der Waals surface area contributed by atoms with Gasteiger partial charge in [-0.1, -0.05) is 36.1 Å². The summed E-state index contributed by atoms with van der Waals surface area (Å²) in [6.07, 6.45) is 3.78. The van der Waals surface area contributed by atoms with Crippen LogP contribution < -0.4 is 21.3 Å². The van der Waals surface area contributed by atoms with Gasteiger partial charge in [0.1, 0.15) is 5.82 Å². The first kappa shape index (κ1) is 25.5. The Morgan fingerprint density at radius 1 is 1.11 bits per heavy atom. The number of amides is 1. The summed E-state index contributed by atoms with van der Waals surface area (Å²) in [5.41, 5.74) is 6.66. The van der Waals surface area contributed by atoms with E-state index in [4.69, 9.17) is 10.7 Å². The number of carbonyl (C=O) groups is 1. The summed E-state index contributed by atoms with van der Waals surface area (Å²) in [4.78, 5) is 39.3. The number of carbonyl (C=O) groups excluding carboxylic acids is 1. The first-order valence-corrected chi connectivity index (χ1v) is 13.0. The van der Waals surface area contributed by atoms with Gasteiger partial charge in [0.25, 0.3) is 11.5 Å². The van der Waals surface area contributed by atoms with Crippen molar-refractivity contribution in [1.82, 2.24) is 29.6 Å². The zero-order valence-corrected chi connectivity index (χ0v) is 20.8. The van der Waals surface area contributed by atoms with Gasteiger partial charge in [0, 0.05) is 18.0 Å². The SMILES string of the molecule is C[C@H](NC(=O)c1nccnc1N)c1nc2cccc(C#CCNS(C)(=O)=O)c2c(=O)n1-c1ccccc1. The van der Waals surface area contributed by atoms with Crippen molar-refractivity contribution in [2.75, 3.05) is 18.5 Å². The van der Waals surface area contributed by atoms with Crippen molar-refractivity contribution in [2.45, 2.75) is 13.0 Å². The van der Waals surface area contributed by atoms with E-state index in [-0.39, 0.29) is 29.3 Å². The second kappa shape index (κ2) is 10.6. The molecular formula is C25H23N7O4S. The maximum atomic E-state index is 13.9. The van der Waals surface area contributed by atoms with E-state index in [1.165, 1.54) is 17.0 Å². The van der Waals surface area contributed by atoms with Crippen LogP contribution in [0.4, 0.5) is 5.82 Å². The molecule has 0 aliphatic rings. The number of rotatable bonds is 6. The molecule has 0 aliphatic heterocycles. The highest BCUT2D eigenvalue weighted by molar-refractivity contribution is 7.88. The summed E-state index contributed by atoms with van der Waals surface area (Å²) in [6, 6.07) is 13.2. The number of sulfonamides is 1. The van der Waals surface area contributed by atoms with E-state index in [1.807, 2.05) is 6.07 Å². The van der Waals surface area contributed by atoms with Gasteiger partial charge < -0.3 is 11.1 Å². The Kier molecular flexibility index (Phi) is 7.28. The lowest BCUT2D eigenvalue weighted by molar-refractivity contribution is 0.0933. The zero-order chi connectivity index (χ0) is 26.6. The van der Waals surface area contributed by atoms with Crippen LogP contribution in [0.1, 0.15) is 34.8 Å². The van der Waals surface area contributed by atoms with Gasteiger partial charge in [-0.3, -0.25) is 14.2 Å². The van der Waals surface area contributed by atoms with Crippen molar-refractivity contribution in [2.24, 2.45) is 0 Å². The van der Waals surface area contributed by atoms with Crippen molar-refractivity contribution < 1.29 is 13.2 Å². The standard InChI is InChI=1S/C25H23N7O4S/c1-16(30-24(33)21-22(26)28-15-14-27-21)23-31-19-12-6-8-17(9-7-13-29-37(2,35)36)20(19)25(34)32(23)18-10-4-3-5-11-18/h3-6,8,10-12,14-16,29H,13H2,1-2H3,(H2,26,28)(H,30,33)/t16-/m0/s1. The maximum Gasteiger partial charge on any atom is 0.274 e. The smallest absolute Gasteiger partial charge is 0.274 e. The fraction of sp³-hybridized carbons (Fsp3) is 0.160. The number of fused-ring (bicyclic) bond motifs is 1. The molecule has 4 aromatic rings. The van der Waals surface area contributed by atoms with E-state index in [2.05, 4.69) is 31.8 Å². The van der Waals surface area contributed by atoms with Crippen LogP contribution in [0.3, 0.4) is 0 Å². The number of hydrogen-bond acceptors (Lipinski definition) is 8. The second-order valence-electron chi connectivity index (χ2n) is 8.03. The third kappa shape index (κ3) is 5.80. The Hall–Kier alpha value is -4.60. The number of nitrogen functional groups attached to an aromatic ring is 1. The molecule has 0 saturated carbocycles. The van der Waals surface area contributed by atoms with Gasteiger partial charge in [-0.15, -0.1) is 0 Å². The summed E-state index contributed by atoms with van der Waals surface area (Å²) < 4.78 is 26.3. The molecule has 37 heavy (non-hydrogen) atoms. The van der Waals surface area contributed by atoms with Crippen molar-refractivity contribution in [3.8, 4) is 17.5 Å². The van der Waals surface area contributed by atoms with Crippen LogP contribution in [0.5, 0.6) is 0 Å². The van der Waals surface area contributed by atoms with E-state index in [0.29, 0.717) is 16.8 Å². The fourth-order valence-electron chi connectivity index (χ4n) is 3.63. The lowest BCUT2D eigenvalue weighted by Crippen LogP contribution is -2.34. The van der Waals surface area contributed by atoms with Crippen molar-refractivity contribution >= 4 is 32.7 Å². The Morgan fingerprint density at radius 2 is 1.84 bits per heavy atom. The van der Waals surface area contributed by atoms with Gasteiger partial charge in [-0.05, 0) is 31.2 Å². The number of nitrogens with two attached hydrogens (primary N) is 1. The molecule has 0 aliphatic carbocycles. The summed E-state index contributed by atoms with van der Waals surface area (Å²) in [6.45, 7) is 1.58. The molecule has 12 heteroatoms.